The van der Waals surface area contributed by atoms with Crippen LogP contribution in [0, 0.1) is 24.6 Å². The molecule has 0 unspecified atom stereocenters. The van der Waals surface area contributed by atoms with Crippen molar-refractivity contribution in [2.45, 2.75) is 38.6 Å². The number of carbonyl (C=O) groups excluding carboxylic acids is 1. The summed E-state index contributed by atoms with van der Waals surface area (Å²) in [7, 11) is 0. The molecule has 44 heavy (non-hydrogen) atoms. The fourth-order valence-electron chi connectivity index (χ4n) is 6.99. The van der Waals surface area contributed by atoms with E-state index in [0.717, 1.165) is 56.8 Å². The third-order valence-electron chi connectivity index (χ3n) is 9.49. The van der Waals surface area contributed by atoms with Crippen LogP contribution in [0.3, 0.4) is 0 Å². The normalized spacial score (nSPS) is 20.3. The Hall–Kier alpha value is -3.96. The van der Waals surface area contributed by atoms with Gasteiger partial charge in [-0.05, 0) is 61.9 Å². The number of aromatic nitrogens is 4. The summed E-state index contributed by atoms with van der Waals surface area (Å²) in [6, 6.07) is 6.03. The average Bonchev–Trinajstić information content (AvgIpc) is 3.31. The van der Waals surface area contributed by atoms with Crippen LogP contribution >= 0.6 is 0 Å². The Kier molecular flexibility index (Phi) is 7.75. The minimum Gasteiger partial charge on any atom is -0.377 e. The van der Waals surface area contributed by atoms with Crippen molar-refractivity contribution in [2.24, 2.45) is 5.92 Å². The number of benzene rings is 1. The lowest BCUT2D eigenvalue weighted by Crippen LogP contribution is -2.48. The number of ether oxygens (including phenoxy) is 1. The number of aryl methyl sites for hydroxylation is 1. The van der Waals surface area contributed by atoms with Gasteiger partial charge in [-0.1, -0.05) is 6.07 Å². The molecule has 230 valence electrons. The number of likely N-dealkylation sites (tertiary alicyclic amines) is 1. The van der Waals surface area contributed by atoms with Gasteiger partial charge in [0, 0.05) is 56.9 Å². The van der Waals surface area contributed by atoms with E-state index in [9.17, 15) is 9.18 Å². The lowest BCUT2D eigenvalue weighted by atomic mass is 9.87. The van der Waals surface area contributed by atoms with Crippen LogP contribution in [0.4, 0.5) is 14.5 Å². The quantitative estimate of drug-likeness (QED) is 0.321. The summed E-state index contributed by atoms with van der Waals surface area (Å²) >= 11 is 0. The third kappa shape index (κ3) is 5.43. The second-order valence-corrected chi connectivity index (χ2v) is 12.4. The first kappa shape index (κ1) is 28.8. The molecule has 0 spiro atoms. The largest absolute Gasteiger partial charge is 0.377 e. The minimum atomic E-state index is -0.602. The summed E-state index contributed by atoms with van der Waals surface area (Å²) in [5.41, 5.74) is 3.73. The predicted molar refractivity (Wildman–Crippen MR) is 163 cm³/mol. The highest BCUT2D eigenvalue weighted by Crippen LogP contribution is 2.37. The molecule has 1 aromatic carbocycles. The number of rotatable bonds is 6. The molecule has 3 aliphatic heterocycles. The van der Waals surface area contributed by atoms with Gasteiger partial charge in [0.25, 0.3) is 5.91 Å². The zero-order valence-corrected chi connectivity index (χ0v) is 25.1. The van der Waals surface area contributed by atoms with Crippen LogP contribution in [-0.4, -0.2) is 93.6 Å². The highest BCUT2D eigenvalue weighted by Gasteiger charge is 2.33. The summed E-state index contributed by atoms with van der Waals surface area (Å²) in [5, 5.41) is 0. The number of imidazole rings is 1. The van der Waals surface area contributed by atoms with Crippen LogP contribution in [0.25, 0.3) is 16.6 Å². The Bertz CT molecular complexity index is 1670. The molecule has 1 atom stereocenters. The molecule has 3 aliphatic rings. The molecule has 0 radical (unpaired) electrons. The maximum atomic E-state index is 15.3. The monoisotopic (exact) mass is 601 g/mol. The van der Waals surface area contributed by atoms with Crippen molar-refractivity contribution in [1.82, 2.24) is 29.2 Å². The molecule has 4 aromatic rings. The van der Waals surface area contributed by atoms with Gasteiger partial charge in [0.2, 0.25) is 5.95 Å². The molecule has 3 aromatic heterocycles. The number of pyridine rings is 1. The Morgan fingerprint density at radius 3 is 2.57 bits per heavy atom. The van der Waals surface area contributed by atoms with E-state index in [2.05, 4.69) is 24.8 Å². The van der Waals surface area contributed by atoms with Crippen molar-refractivity contribution < 1.29 is 18.3 Å². The topological polar surface area (TPSA) is 79.1 Å². The van der Waals surface area contributed by atoms with Gasteiger partial charge >= 0.3 is 0 Å². The number of hydrogen-bond donors (Lipinski definition) is 0. The van der Waals surface area contributed by atoms with E-state index in [4.69, 9.17) is 4.74 Å². The molecule has 3 fully saturated rings. The number of anilines is 1. The first-order chi connectivity index (χ1) is 21.4. The van der Waals surface area contributed by atoms with E-state index in [0.29, 0.717) is 48.1 Å². The molecule has 7 rings (SSSR count). The van der Waals surface area contributed by atoms with Gasteiger partial charge in [0.15, 0.2) is 0 Å². The smallest absolute Gasteiger partial charge is 0.254 e. The van der Waals surface area contributed by atoms with E-state index in [1.54, 1.807) is 28.6 Å². The lowest BCUT2D eigenvalue weighted by Gasteiger charge is -2.43. The first-order valence-electron chi connectivity index (χ1n) is 15.4. The summed E-state index contributed by atoms with van der Waals surface area (Å²) in [6.45, 7) is 9.84. The first-order valence-corrected chi connectivity index (χ1v) is 15.4. The number of halogens is 2. The van der Waals surface area contributed by atoms with E-state index in [1.807, 2.05) is 31.6 Å². The zero-order chi connectivity index (χ0) is 30.4. The molecule has 0 aliphatic carbocycles. The highest BCUT2D eigenvalue weighted by molar-refractivity contribution is 6.03. The van der Waals surface area contributed by atoms with Gasteiger partial charge in [0.05, 0.1) is 42.9 Å². The number of fused-ring (bicyclic) bond motifs is 1. The van der Waals surface area contributed by atoms with Crippen molar-refractivity contribution in [3.8, 4) is 11.1 Å². The van der Waals surface area contributed by atoms with Crippen LogP contribution in [0.1, 0.15) is 47.4 Å². The number of piperidine rings is 1. The Balaban J connectivity index is 1.12. The maximum absolute atomic E-state index is 15.3. The highest BCUT2D eigenvalue weighted by atomic mass is 19.1. The molecule has 11 heteroatoms. The van der Waals surface area contributed by atoms with E-state index in [1.165, 1.54) is 12.1 Å². The second kappa shape index (κ2) is 11.9. The van der Waals surface area contributed by atoms with Gasteiger partial charge < -0.3 is 23.8 Å². The molecule has 6 heterocycles. The predicted octanol–water partition coefficient (Wildman–Crippen LogP) is 4.55. The maximum Gasteiger partial charge on any atom is 0.254 e. The molecule has 0 N–H and O–H groups in total. The van der Waals surface area contributed by atoms with Gasteiger partial charge in [-0.25, -0.2) is 19.3 Å². The summed E-state index contributed by atoms with van der Waals surface area (Å²) in [5.74, 6) is 0.0436. The van der Waals surface area contributed by atoms with E-state index < -0.39 is 11.8 Å². The minimum absolute atomic E-state index is 0.145. The fraction of sp³-hybridized carbons (Fsp3) is 0.455. The standard InChI is InChI=1S/C33H37F2N7O2/c1-21-19-44-10-9-41(21)33(43)30-12-26(34)3-4-28(30)29-11-24(18-42-22(2)38-32(35)31(29)42)25-16-39(17-25)15-23-5-7-40(8-6-23)27-13-36-20-37-14-27/h3-4,11-14,18,20-21,23,25H,5-10,15-17,19H2,1-2H3/t21-/m1/s1. The number of morpholine rings is 1. The average molecular weight is 602 g/mol. The number of carbonyl (C=O) groups is 1. The third-order valence-corrected chi connectivity index (χ3v) is 9.49. The van der Waals surface area contributed by atoms with Crippen molar-refractivity contribution in [3.05, 3.63) is 77.9 Å². The molecule has 3 saturated heterocycles. The molecule has 1 amide bonds. The Morgan fingerprint density at radius 2 is 1.82 bits per heavy atom. The Labute approximate surface area is 255 Å². The summed E-state index contributed by atoms with van der Waals surface area (Å²) in [4.78, 5) is 32.8. The Morgan fingerprint density at radius 1 is 1.05 bits per heavy atom. The van der Waals surface area contributed by atoms with Crippen molar-refractivity contribution in [1.29, 1.82) is 0 Å². The molecule has 0 bridgehead atoms. The number of nitrogens with zero attached hydrogens (tertiary/aromatic N) is 7. The van der Waals surface area contributed by atoms with Crippen LogP contribution in [0.15, 0.2) is 49.2 Å². The number of hydrogen-bond acceptors (Lipinski definition) is 7. The molecule has 0 saturated carbocycles. The summed E-state index contributed by atoms with van der Waals surface area (Å²) < 4.78 is 37.2. The van der Waals surface area contributed by atoms with Gasteiger partial charge in [-0.3, -0.25) is 4.79 Å². The van der Waals surface area contributed by atoms with E-state index >= 15 is 4.39 Å². The van der Waals surface area contributed by atoms with Crippen molar-refractivity contribution >= 4 is 17.1 Å². The SMILES string of the molecule is Cc1nc(F)c2c(-c3ccc(F)cc3C(=O)N3CCOC[C@H]3C)cc(C3CN(CC4CCN(c5cncnc5)CC4)C3)cn12. The van der Waals surface area contributed by atoms with Crippen LogP contribution in [0.2, 0.25) is 0 Å². The number of amides is 1. The summed E-state index contributed by atoms with van der Waals surface area (Å²) in [6.07, 6.45) is 9.54. The van der Waals surface area contributed by atoms with Crippen molar-refractivity contribution in [2.75, 3.05) is 57.4 Å². The second-order valence-electron chi connectivity index (χ2n) is 12.4. The van der Waals surface area contributed by atoms with Gasteiger partial charge in [-0.15, -0.1) is 0 Å². The van der Waals surface area contributed by atoms with Crippen LogP contribution < -0.4 is 4.90 Å². The fourth-order valence-corrected chi connectivity index (χ4v) is 6.99. The van der Waals surface area contributed by atoms with Crippen LogP contribution in [0.5, 0.6) is 0 Å². The van der Waals surface area contributed by atoms with Gasteiger partial charge in [-0.2, -0.15) is 4.39 Å². The lowest BCUT2D eigenvalue weighted by molar-refractivity contribution is 0.00361. The van der Waals surface area contributed by atoms with Gasteiger partial charge in [0.1, 0.15) is 23.5 Å². The molecular formula is C33H37F2N7O2. The van der Waals surface area contributed by atoms with Crippen LogP contribution in [-0.2, 0) is 4.74 Å². The molecule has 9 nitrogen and oxygen atoms in total. The van der Waals surface area contributed by atoms with Crippen molar-refractivity contribution in [3.63, 3.8) is 0 Å². The zero-order valence-electron chi connectivity index (χ0n) is 25.1. The molecular weight excluding hydrogens is 564 g/mol. The van der Waals surface area contributed by atoms with E-state index in [-0.39, 0.29) is 23.4 Å².